The lowest BCUT2D eigenvalue weighted by molar-refractivity contribution is -0.137. The van der Waals surface area contributed by atoms with E-state index in [9.17, 15) is 9.59 Å². The van der Waals surface area contributed by atoms with E-state index in [2.05, 4.69) is 9.97 Å². The summed E-state index contributed by atoms with van der Waals surface area (Å²) in [7, 11) is 0. The minimum atomic E-state index is -0.435. The number of benzene rings is 1. The lowest BCUT2D eigenvalue weighted by Gasteiger charge is -2.16. The Kier molecular flexibility index (Phi) is 5.68. The highest BCUT2D eigenvalue weighted by Crippen LogP contribution is 2.20. The Labute approximate surface area is 163 Å². The first-order valence-electron chi connectivity index (χ1n) is 9.29. The van der Waals surface area contributed by atoms with Crippen LogP contribution in [0.3, 0.4) is 0 Å². The molecule has 0 unspecified atom stereocenters. The summed E-state index contributed by atoms with van der Waals surface area (Å²) in [5.41, 5.74) is 3.73. The van der Waals surface area contributed by atoms with Gasteiger partial charge < -0.3 is 4.74 Å². The fourth-order valence-electron chi connectivity index (χ4n) is 3.20. The van der Waals surface area contributed by atoms with E-state index in [4.69, 9.17) is 4.74 Å². The average Bonchev–Trinajstić information content (AvgIpc) is 2.68. The van der Waals surface area contributed by atoms with Crippen molar-refractivity contribution in [2.75, 3.05) is 6.61 Å². The molecule has 0 saturated heterocycles. The standard InChI is InChI=1S/C22H23N3O3/c1-5-18-24-21-17(12-16(13-23-21)10-11-19(26)28-6-2)22(27)25(18)20-14(3)8-7-9-15(20)4/h7-13H,5-6H2,1-4H3/b11-10+. The van der Waals surface area contributed by atoms with Crippen LogP contribution in [-0.2, 0) is 16.0 Å². The van der Waals surface area contributed by atoms with E-state index in [1.165, 1.54) is 6.08 Å². The maximum Gasteiger partial charge on any atom is 0.330 e. The predicted molar refractivity (Wildman–Crippen MR) is 110 cm³/mol. The number of aryl methyl sites for hydroxylation is 3. The van der Waals surface area contributed by atoms with Crippen molar-refractivity contribution in [3.8, 4) is 5.69 Å². The lowest BCUT2D eigenvalue weighted by atomic mass is 10.1. The average molecular weight is 377 g/mol. The van der Waals surface area contributed by atoms with Gasteiger partial charge in [-0.3, -0.25) is 9.36 Å². The first kappa shape index (κ1) is 19.5. The molecular weight excluding hydrogens is 354 g/mol. The van der Waals surface area contributed by atoms with Crippen LogP contribution in [0.1, 0.15) is 36.4 Å². The first-order valence-corrected chi connectivity index (χ1v) is 9.29. The van der Waals surface area contributed by atoms with E-state index in [1.54, 1.807) is 29.8 Å². The van der Waals surface area contributed by atoms with Crippen LogP contribution in [0.5, 0.6) is 0 Å². The molecule has 0 saturated carbocycles. The second-order valence-corrected chi connectivity index (χ2v) is 6.49. The zero-order valence-electron chi connectivity index (χ0n) is 16.5. The summed E-state index contributed by atoms with van der Waals surface area (Å²) >= 11 is 0. The third-order valence-corrected chi connectivity index (χ3v) is 4.49. The molecule has 0 radical (unpaired) electrons. The molecule has 144 valence electrons. The second-order valence-electron chi connectivity index (χ2n) is 6.49. The van der Waals surface area contributed by atoms with Gasteiger partial charge >= 0.3 is 5.97 Å². The van der Waals surface area contributed by atoms with Crippen LogP contribution in [0.25, 0.3) is 22.8 Å². The summed E-state index contributed by atoms with van der Waals surface area (Å²) in [6.07, 6.45) is 5.10. The Balaban J connectivity index is 2.21. The van der Waals surface area contributed by atoms with Gasteiger partial charge in [0.15, 0.2) is 5.65 Å². The van der Waals surface area contributed by atoms with Gasteiger partial charge in [-0.2, -0.15) is 0 Å². The minimum Gasteiger partial charge on any atom is -0.463 e. The molecular formula is C22H23N3O3. The molecule has 3 rings (SSSR count). The number of hydrogen-bond acceptors (Lipinski definition) is 5. The van der Waals surface area contributed by atoms with E-state index in [0.717, 1.165) is 16.8 Å². The maximum atomic E-state index is 13.4. The van der Waals surface area contributed by atoms with Gasteiger partial charge in [-0.1, -0.05) is 25.1 Å². The van der Waals surface area contributed by atoms with Crippen molar-refractivity contribution >= 4 is 23.1 Å². The minimum absolute atomic E-state index is 0.168. The van der Waals surface area contributed by atoms with Gasteiger partial charge in [0.2, 0.25) is 0 Å². The quantitative estimate of drug-likeness (QED) is 0.502. The number of aromatic nitrogens is 3. The zero-order chi connectivity index (χ0) is 20.3. The van der Waals surface area contributed by atoms with Crippen LogP contribution in [0.2, 0.25) is 0 Å². The van der Waals surface area contributed by atoms with E-state index in [-0.39, 0.29) is 5.56 Å². The van der Waals surface area contributed by atoms with E-state index < -0.39 is 5.97 Å². The number of nitrogens with zero attached hydrogens (tertiary/aromatic N) is 3. The Morgan fingerprint density at radius 1 is 1.21 bits per heavy atom. The van der Waals surface area contributed by atoms with Crippen LogP contribution < -0.4 is 5.56 Å². The Bertz CT molecular complexity index is 1110. The molecule has 0 fully saturated rings. The molecule has 28 heavy (non-hydrogen) atoms. The SMILES string of the molecule is CCOC(=O)/C=C/c1cnc2nc(CC)n(-c3c(C)cccc3C)c(=O)c2c1. The molecule has 0 spiro atoms. The van der Waals surface area contributed by atoms with Crippen LogP contribution in [0.4, 0.5) is 0 Å². The fourth-order valence-corrected chi connectivity index (χ4v) is 3.20. The van der Waals surface area contributed by atoms with Gasteiger partial charge in [0.05, 0.1) is 17.7 Å². The number of pyridine rings is 1. The smallest absolute Gasteiger partial charge is 0.330 e. The monoisotopic (exact) mass is 377 g/mol. The van der Waals surface area contributed by atoms with Gasteiger partial charge in [-0.15, -0.1) is 0 Å². The molecule has 2 heterocycles. The normalized spacial score (nSPS) is 11.3. The fraction of sp³-hybridized carbons (Fsp3) is 0.273. The van der Waals surface area contributed by atoms with Gasteiger partial charge in [0.25, 0.3) is 5.56 Å². The number of para-hydroxylation sites is 1. The lowest BCUT2D eigenvalue weighted by Crippen LogP contribution is -2.25. The topological polar surface area (TPSA) is 74.1 Å². The molecule has 0 atom stereocenters. The molecule has 0 bridgehead atoms. The molecule has 0 N–H and O–H groups in total. The molecule has 3 aromatic rings. The summed E-state index contributed by atoms with van der Waals surface area (Å²) in [5.74, 6) is 0.229. The van der Waals surface area contributed by atoms with E-state index >= 15 is 0 Å². The van der Waals surface area contributed by atoms with Crippen molar-refractivity contribution in [2.45, 2.75) is 34.1 Å². The van der Waals surface area contributed by atoms with Crippen molar-refractivity contribution in [3.63, 3.8) is 0 Å². The highest BCUT2D eigenvalue weighted by molar-refractivity contribution is 5.88. The zero-order valence-corrected chi connectivity index (χ0v) is 16.5. The summed E-state index contributed by atoms with van der Waals surface area (Å²) in [4.78, 5) is 33.9. The van der Waals surface area contributed by atoms with Gasteiger partial charge in [0.1, 0.15) is 5.82 Å². The van der Waals surface area contributed by atoms with Crippen LogP contribution in [-0.4, -0.2) is 27.1 Å². The third-order valence-electron chi connectivity index (χ3n) is 4.49. The van der Waals surface area contributed by atoms with Crippen molar-refractivity contribution in [3.05, 3.63) is 69.4 Å². The molecule has 0 amide bonds. The Morgan fingerprint density at radius 3 is 2.57 bits per heavy atom. The number of hydrogen-bond donors (Lipinski definition) is 0. The Morgan fingerprint density at radius 2 is 1.93 bits per heavy atom. The van der Waals surface area contributed by atoms with E-state index in [0.29, 0.717) is 35.4 Å². The van der Waals surface area contributed by atoms with Gasteiger partial charge in [-0.05, 0) is 49.6 Å². The number of fused-ring (bicyclic) bond motifs is 1. The first-order chi connectivity index (χ1) is 13.5. The molecule has 0 aliphatic heterocycles. The second kappa shape index (κ2) is 8.17. The summed E-state index contributed by atoms with van der Waals surface area (Å²) in [5, 5.41) is 0.408. The molecule has 0 aliphatic rings. The molecule has 1 aromatic carbocycles. The largest absolute Gasteiger partial charge is 0.463 e. The van der Waals surface area contributed by atoms with Gasteiger partial charge in [-0.25, -0.2) is 14.8 Å². The van der Waals surface area contributed by atoms with Crippen LogP contribution >= 0.6 is 0 Å². The molecule has 0 aliphatic carbocycles. The van der Waals surface area contributed by atoms with Crippen molar-refractivity contribution < 1.29 is 9.53 Å². The molecule has 2 aromatic heterocycles. The van der Waals surface area contributed by atoms with Gasteiger partial charge in [0, 0.05) is 18.7 Å². The highest BCUT2D eigenvalue weighted by Gasteiger charge is 2.15. The summed E-state index contributed by atoms with van der Waals surface area (Å²) in [6, 6.07) is 7.64. The highest BCUT2D eigenvalue weighted by atomic mass is 16.5. The van der Waals surface area contributed by atoms with Crippen LogP contribution in [0, 0.1) is 13.8 Å². The van der Waals surface area contributed by atoms with E-state index in [1.807, 2.05) is 39.0 Å². The molecule has 6 nitrogen and oxygen atoms in total. The number of esters is 1. The number of carbonyl (C=O) groups is 1. The third kappa shape index (κ3) is 3.71. The summed E-state index contributed by atoms with van der Waals surface area (Å²) in [6.45, 7) is 7.98. The molecule has 6 heteroatoms. The van der Waals surface area contributed by atoms with Crippen molar-refractivity contribution in [2.24, 2.45) is 0 Å². The van der Waals surface area contributed by atoms with Crippen molar-refractivity contribution in [1.29, 1.82) is 0 Å². The van der Waals surface area contributed by atoms with Crippen molar-refractivity contribution in [1.82, 2.24) is 14.5 Å². The maximum absolute atomic E-state index is 13.4. The summed E-state index contributed by atoms with van der Waals surface area (Å²) < 4.78 is 6.56. The number of ether oxygens (including phenoxy) is 1. The number of carbonyl (C=O) groups excluding carboxylic acids is 1. The Hall–Kier alpha value is -3.28. The van der Waals surface area contributed by atoms with Crippen LogP contribution in [0.15, 0.2) is 41.3 Å². The predicted octanol–water partition coefficient (Wildman–Crippen LogP) is 3.54. The number of rotatable bonds is 5.